The first-order valence-electron chi connectivity index (χ1n) is 9.82. The van der Waals surface area contributed by atoms with Gasteiger partial charge in [-0.3, -0.25) is 4.79 Å². The largest absolute Gasteiger partial charge is 0.376 e. The van der Waals surface area contributed by atoms with E-state index >= 15 is 0 Å². The number of aryl methyl sites for hydroxylation is 3. The number of carbonyl (C=O) groups is 1. The molecular weight excluding hydrogens is 352 g/mol. The van der Waals surface area contributed by atoms with Crippen molar-refractivity contribution in [3.63, 3.8) is 0 Å². The lowest BCUT2D eigenvalue weighted by Gasteiger charge is -2.13. The average Bonchev–Trinajstić information content (AvgIpc) is 3.33. The van der Waals surface area contributed by atoms with Gasteiger partial charge in [-0.2, -0.15) is 5.10 Å². The maximum atomic E-state index is 12.7. The summed E-state index contributed by atoms with van der Waals surface area (Å²) in [6.45, 7) is 7.44. The van der Waals surface area contributed by atoms with Gasteiger partial charge in [-0.25, -0.2) is 9.50 Å². The first kappa shape index (κ1) is 18.6. The minimum Gasteiger partial charge on any atom is -0.376 e. The Balaban J connectivity index is 1.60. The molecular formula is C22H26N4O2. The van der Waals surface area contributed by atoms with E-state index < -0.39 is 0 Å². The number of fused-ring (bicyclic) bond motifs is 1. The van der Waals surface area contributed by atoms with Crippen molar-refractivity contribution < 1.29 is 9.53 Å². The normalized spacial score (nSPS) is 16.6. The number of nitrogens with zero attached hydrogens (tertiary/aromatic N) is 3. The summed E-state index contributed by atoms with van der Waals surface area (Å²) in [6, 6.07) is 8.49. The van der Waals surface area contributed by atoms with Crippen molar-refractivity contribution in [3.05, 3.63) is 64.1 Å². The minimum absolute atomic E-state index is 0.114. The van der Waals surface area contributed by atoms with Gasteiger partial charge >= 0.3 is 0 Å². The second-order valence-corrected chi connectivity index (χ2v) is 7.57. The molecule has 0 saturated carbocycles. The molecule has 0 bridgehead atoms. The highest BCUT2D eigenvalue weighted by Crippen LogP contribution is 2.21. The number of hydrogen-bond donors (Lipinski definition) is 1. The highest BCUT2D eigenvalue weighted by Gasteiger charge is 2.21. The highest BCUT2D eigenvalue weighted by molar-refractivity contribution is 5.99. The molecule has 28 heavy (non-hydrogen) atoms. The Morgan fingerprint density at radius 2 is 2.18 bits per heavy atom. The van der Waals surface area contributed by atoms with E-state index in [1.165, 1.54) is 11.1 Å². The van der Waals surface area contributed by atoms with Crippen LogP contribution in [0.4, 0.5) is 0 Å². The maximum Gasteiger partial charge on any atom is 0.256 e. The summed E-state index contributed by atoms with van der Waals surface area (Å²) < 4.78 is 7.35. The molecule has 1 aliphatic rings. The molecule has 3 aromatic rings. The van der Waals surface area contributed by atoms with Crippen LogP contribution in [0.25, 0.3) is 5.65 Å². The van der Waals surface area contributed by atoms with Crippen molar-refractivity contribution in [2.45, 2.75) is 46.1 Å². The van der Waals surface area contributed by atoms with Gasteiger partial charge in [-0.05, 0) is 44.7 Å². The topological polar surface area (TPSA) is 68.5 Å². The van der Waals surface area contributed by atoms with Gasteiger partial charge in [0.2, 0.25) is 0 Å². The van der Waals surface area contributed by atoms with Gasteiger partial charge in [0.05, 0.1) is 12.3 Å². The minimum atomic E-state index is -0.150. The molecule has 1 aromatic carbocycles. The molecule has 1 amide bonds. The SMILES string of the molecule is Cc1cccc(Cc2c(C)nc3c(C(=O)NCC4CCCO4)cnn3c2C)c1. The van der Waals surface area contributed by atoms with Crippen molar-refractivity contribution in [1.82, 2.24) is 19.9 Å². The predicted octanol–water partition coefficient (Wildman–Crippen LogP) is 3.15. The fourth-order valence-corrected chi connectivity index (χ4v) is 3.86. The second-order valence-electron chi connectivity index (χ2n) is 7.57. The quantitative estimate of drug-likeness (QED) is 0.740. The van der Waals surface area contributed by atoms with Crippen molar-refractivity contribution >= 4 is 11.6 Å². The Hall–Kier alpha value is -2.73. The van der Waals surface area contributed by atoms with E-state index in [4.69, 9.17) is 9.72 Å². The molecule has 1 fully saturated rings. The van der Waals surface area contributed by atoms with Gasteiger partial charge in [0.25, 0.3) is 5.91 Å². The van der Waals surface area contributed by atoms with Crippen molar-refractivity contribution in [2.24, 2.45) is 0 Å². The van der Waals surface area contributed by atoms with Crippen LogP contribution in [0.5, 0.6) is 0 Å². The van der Waals surface area contributed by atoms with Crippen molar-refractivity contribution in [3.8, 4) is 0 Å². The Bertz CT molecular complexity index is 1020. The number of ether oxygens (including phenoxy) is 1. The summed E-state index contributed by atoms with van der Waals surface area (Å²) in [5, 5.41) is 7.40. The molecule has 146 valence electrons. The van der Waals surface area contributed by atoms with Gasteiger partial charge < -0.3 is 10.1 Å². The molecule has 2 aromatic heterocycles. The molecule has 6 nitrogen and oxygen atoms in total. The zero-order valence-corrected chi connectivity index (χ0v) is 16.7. The average molecular weight is 378 g/mol. The summed E-state index contributed by atoms with van der Waals surface area (Å²) >= 11 is 0. The molecule has 1 unspecified atom stereocenters. The second kappa shape index (κ2) is 7.72. The molecule has 1 atom stereocenters. The Kier molecular flexibility index (Phi) is 5.13. The van der Waals surface area contributed by atoms with Gasteiger partial charge in [0.1, 0.15) is 5.56 Å². The Labute approximate surface area is 164 Å². The van der Waals surface area contributed by atoms with E-state index in [9.17, 15) is 4.79 Å². The van der Waals surface area contributed by atoms with Crippen LogP contribution in [0.2, 0.25) is 0 Å². The molecule has 0 spiro atoms. The van der Waals surface area contributed by atoms with Crippen molar-refractivity contribution in [2.75, 3.05) is 13.2 Å². The van der Waals surface area contributed by atoms with E-state index in [0.29, 0.717) is 17.8 Å². The third-order valence-corrected chi connectivity index (χ3v) is 5.43. The highest BCUT2D eigenvalue weighted by atomic mass is 16.5. The first-order chi connectivity index (χ1) is 13.5. The molecule has 0 aliphatic carbocycles. The smallest absolute Gasteiger partial charge is 0.256 e. The molecule has 4 rings (SSSR count). The summed E-state index contributed by atoms with van der Waals surface area (Å²) in [4.78, 5) is 17.4. The third-order valence-electron chi connectivity index (χ3n) is 5.43. The molecule has 1 N–H and O–H groups in total. The van der Waals surface area contributed by atoms with Crippen LogP contribution < -0.4 is 5.32 Å². The van der Waals surface area contributed by atoms with Crippen LogP contribution in [0.1, 0.15) is 51.3 Å². The van der Waals surface area contributed by atoms with E-state index in [1.54, 1.807) is 10.7 Å². The number of nitrogens with one attached hydrogen (secondary N) is 1. The van der Waals surface area contributed by atoms with Crippen LogP contribution >= 0.6 is 0 Å². The lowest BCUT2D eigenvalue weighted by atomic mass is 10.0. The van der Waals surface area contributed by atoms with Crippen LogP contribution in [0, 0.1) is 20.8 Å². The number of aromatic nitrogens is 3. The number of amides is 1. The molecule has 1 saturated heterocycles. The summed E-state index contributed by atoms with van der Waals surface area (Å²) in [6.07, 6.45) is 4.57. The summed E-state index contributed by atoms with van der Waals surface area (Å²) in [5.74, 6) is -0.150. The van der Waals surface area contributed by atoms with Crippen molar-refractivity contribution in [1.29, 1.82) is 0 Å². The van der Waals surface area contributed by atoms with E-state index in [-0.39, 0.29) is 12.0 Å². The van der Waals surface area contributed by atoms with Gasteiger partial charge in [-0.15, -0.1) is 0 Å². The van der Waals surface area contributed by atoms with Crippen LogP contribution in [0.3, 0.4) is 0 Å². The fourth-order valence-electron chi connectivity index (χ4n) is 3.86. The van der Waals surface area contributed by atoms with E-state index in [1.807, 2.05) is 13.8 Å². The maximum absolute atomic E-state index is 12.7. The summed E-state index contributed by atoms with van der Waals surface area (Å²) in [5.41, 5.74) is 6.69. The third kappa shape index (κ3) is 3.64. The standard InChI is InChI=1S/C22H26N4O2/c1-14-6-4-7-17(10-14)11-19-15(2)25-21-20(13-24-26(21)16(19)3)22(27)23-12-18-8-5-9-28-18/h4,6-7,10,13,18H,5,8-9,11-12H2,1-3H3,(H,23,27). The first-order valence-corrected chi connectivity index (χ1v) is 9.82. The van der Waals surface area contributed by atoms with Gasteiger partial charge in [-0.1, -0.05) is 29.8 Å². The fraction of sp³-hybridized carbons (Fsp3) is 0.409. The Morgan fingerprint density at radius 1 is 1.32 bits per heavy atom. The number of benzene rings is 1. The monoisotopic (exact) mass is 378 g/mol. The zero-order chi connectivity index (χ0) is 19.7. The van der Waals surface area contributed by atoms with E-state index in [2.05, 4.69) is 41.6 Å². The molecule has 3 heterocycles. The lowest BCUT2D eigenvalue weighted by Crippen LogP contribution is -2.31. The zero-order valence-electron chi connectivity index (χ0n) is 16.7. The summed E-state index contributed by atoms with van der Waals surface area (Å²) in [7, 11) is 0. The molecule has 6 heteroatoms. The lowest BCUT2D eigenvalue weighted by molar-refractivity contribution is 0.0859. The van der Waals surface area contributed by atoms with Crippen LogP contribution in [-0.2, 0) is 11.2 Å². The predicted molar refractivity (Wildman–Crippen MR) is 108 cm³/mol. The number of carbonyl (C=O) groups excluding carboxylic acids is 1. The Morgan fingerprint density at radius 3 is 2.93 bits per heavy atom. The van der Waals surface area contributed by atoms with Gasteiger partial charge in [0, 0.05) is 31.0 Å². The molecule has 1 aliphatic heterocycles. The molecule has 0 radical (unpaired) electrons. The number of rotatable bonds is 5. The van der Waals surface area contributed by atoms with Crippen LogP contribution in [0.15, 0.2) is 30.5 Å². The number of hydrogen-bond acceptors (Lipinski definition) is 4. The van der Waals surface area contributed by atoms with E-state index in [0.717, 1.165) is 42.8 Å². The van der Waals surface area contributed by atoms with Crippen LogP contribution in [-0.4, -0.2) is 39.8 Å². The van der Waals surface area contributed by atoms with Gasteiger partial charge in [0.15, 0.2) is 5.65 Å².